The molecule has 1 N–H and O–H groups in total. The van der Waals surface area contributed by atoms with E-state index in [1.54, 1.807) is 15.6 Å². The lowest BCUT2D eigenvalue weighted by Crippen LogP contribution is -2.49. The Bertz CT molecular complexity index is 528. The van der Waals surface area contributed by atoms with Gasteiger partial charge in [0, 0.05) is 25.2 Å². The second kappa shape index (κ2) is 7.19. The van der Waals surface area contributed by atoms with Crippen LogP contribution in [0, 0.1) is 0 Å². The maximum Gasteiger partial charge on any atom is 0.279 e. The number of hydrogen-bond acceptors (Lipinski definition) is 4. The van der Waals surface area contributed by atoms with Crippen LogP contribution in [0.1, 0.15) is 37.8 Å². The van der Waals surface area contributed by atoms with E-state index in [1.807, 2.05) is 37.4 Å². The molecule has 1 fully saturated rings. The summed E-state index contributed by atoms with van der Waals surface area (Å²) in [6.45, 7) is 3.01. The molecule has 1 saturated heterocycles. The molecule has 0 radical (unpaired) electrons. The van der Waals surface area contributed by atoms with Gasteiger partial charge in [0.1, 0.15) is 0 Å². The van der Waals surface area contributed by atoms with Crippen LogP contribution in [0.3, 0.4) is 0 Å². The monoisotopic (exact) mass is 331 g/mol. The Morgan fingerprint density at radius 2 is 2.24 bits per heavy atom. The van der Waals surface area contributed by atoms with Crippen LogP contribution in [0.25, 0.3) is 0 Å². The first-order chi connectivity index (χ1) is 9.92. The zero-order valence-electron chi connectivity index (χ0n) is 12.9. The fourth-order valence-electron chi connectivity index (χ4n) is 2.76. The molecule has 0 unspecified atom stereocenters. The van der Waals surface area contributed by atoms with Crippen LogP contribution in [-0.2, 0) is 10.2 Å². The third-order valence-corrected chi connectivity index (χ3v) is 6.45. The summed E-state index contributed by atoms with van der Waals surface area (Å²) in [5, 5.41) is 4.09. The highest BCUT2D eigenvalue weighted by molar-refractivity contribution is 7.87. The molecule has 21 heavy (non-hydrogen) atoms. The van der Waals surface area contributed by atoms with Gasteiger partial charge < -0.3 is 4.90 Å². The van der Waals surface area contributed by atoms with Gasteiger partial charge in [-0.05, 0) is 56.3 Å². The van der Waals surface area contributed by atoms with Crippen molar-refractivity contribution in [3.63, 3.8) is 0 Å². The second-order valence-corrected chi connectivity index (χ2v) is 8.33. The largest absolute Gasteiger partial charge is 0.301 e. The number of rotatable bonds is 6. The Labute approximate surface area is 132 Å². The Hall–Kier alpha value is -0.470. The Morgan fingerprint density at radius 1 is 1.48 bits per heavy atom. The summed E-state index contributed by atoms with van der Waals surface area (Å²) in [6, 6.07) is 2.20. The van der Waals surface area contributed by atoms with Gasteiger partial charge in [-0.3, -0.25) is 0 Å². The Morgan fingerprint density at radius 3 is 2.81 bits per heavy atom. The molecule has 1 aromatic heterocycles. The normalized spacial score (nSPS) is 22.6. The summed E-state index contributed by atoms with van der Waals surface area (Å²) >= 11 is 1.63. The predicted molar refractivity (Wildman–Crippen MR) is 87.7 cm³/mol. The first-order valence-electron chi connectivity index (χ1n) is 7.37. The lowest BCUT2D eigenvalue weighted by atomic mass is 10.1. The Kier molecular flexibility index (Phi) is 5.79. The van der Waals surface area contributed by atoms with Crippen molar-refractivity contribution in [3.8, 4) is 0 Å². The van der Waals surface area contributed by atoms with Crippen LogP contribution in [0.15, 0.2) is 16.8 Å². The highest BCUT2D eigenvalue weighted by Crippen LogP contribution is 2.22. The summed E-state index contributed by atoms with van der Waals surface area (Å²) in [5.41, 5.74) is 1.15. The van der Waals surface area contributed by atoms with Gasteiger partial charge in [0.05, 0.1) is 0 Å². The van der Waals surface area contributed by atoms with Crippen LogP contribution < -0.4 is 4.72 Å². The summed E-state index contributed by atoms with van der Waals surface area (Å²) in [7, 11) is 0.553. The van der Waals surface area contributed by atoms with Gasteiger partial charge in [-0.25, -0.2) is 4.72 Å². The SMILES string of the molecule is C[C@@H]1CCCCN1S(=O)(=O)NC[C@@H](c1ccsc1)N(C)C. The molecule has 120 valence electrons. The van der Waals surface area contributed by atoms with Crippen LogP contribution in [0.5, 0.6) is 0 Å². The van der Waals surface area contributed by atoms with E-state index in [9.17, 15) is 8.42 Å². The molecule has 0 amide bonds. The van der Waals surface area contributed by atoms with Crippen molar-refractivity contribution in [3.05, 3.63) is 22.4 Å². The average molecular weight is 332 g/mol. The molecule has 0 aromatic carbocycles. The molecule has 0 spiro atoms. The minimum atomic E-state index is -3.39. The molecule has 5 nitrogen and oxygen atoms in total. The molecule has 2 rings (SSSR count). The molecule has 0 saturated carbocycles. The molecule has 7 heteroatoms. The fourth-order valence-corrected chi connectivity index (χ4v) is 4.95. The summed E-state index contributed by atoms with van der Waals surface area (Å²) in [4.78, 5) is 2.05. The summed E-state index contributed by atoms with van der Waals surface area (Å²) in [6.07, 6.45) is 3.01. The van der Waals surface area contributed by atoms with E-state index >= 15 is 0 Å². The number of thiophene rings is 1. The molecule has 1 aliphatic rings. The fraction of sp³-hybridized carbons (Fsp3) is 0.714. The van der Waals surface area contributed by atoms with Crippen LogP contribution in [-0.4, -0.2) is 50.8 Å². The molecular formula is C14H25N3O2S2. The number of hydrogen-bond donors (Lipinski definition) is 1. The minimum absolute atomic E-state index is 0.0612. The number of nitrogens with one attached hydrogen (secondary N) is 1. The third-order valence-electron chi connectivity index (χ3n) is 4.06. The molecule has 1 aliphatic heterocycles. The van der Waals surface area contributed by atoms with Gasteiger partial charge in [0.2, 0.25) is 0 Å². The number of likely N-dealkylation sites (N-methyl/N-ethyl adjacent to an activating group) is 1. The zero-order valence-corrected chi connectivity index (χ0v) is 14.6. The first-order valence-corrected chi connectivity index (χ1v) is 9.75. The minimum Gasteiger partial charge on any atom is -0.301 e. The van der Waals surface area contributed by atoms with E-state index in [1.165, 1.54) is 0 Å². The number of piperidine rings is 1. The van der Waals surface area contributed by atoms with Gasteiger partial charge in [-0.15, -0.1) is 0 Å². The molecule has 0 aliphatic carbocycles. The van der Waals surface area contributed by atoms with Gasteiger partial charge in [-0.2, -0.15) is 24.1 Å². The van der Waals surface area contributed by atoms with E-state index < -0.39 is 10.2 Å². The smallest absolute Gasteiger partial charge is 0.279 e. The lowest BCUT2D eigenvalue weighted by Gasteiger charge is -2.33. The molecule has 2 atom stereocenters. The van der Waals surface area contributed by atoms with Gasteiger partial charge in [0.25, 0.3) is 10.2 Å². The van der Waals surface area contributed by atoms with Crippen molar-refractivity contribution < 1.29 is 8.42 Å². The average Bonchev–Trinajstić information content (AvgIpc) is 2.92. The molecule has 0 bridgehead atoms. The van der Waals surface area contributed by atoms with E-state index in [4.69, 9.17) is 0 Å². The van der Waals surface area contributed by atoms with Gasteiger partial charge in [0.15, 0.2) is 0 Å². The Balaban J connectivity index is 2.02. The predicted octanol–water partition coefficient (Wildman–Crippen LogP) is 2.06. The van der Waals surface area contributed by atoms with Crippen LogP contribution in [0.4, 0.5) is 0 Å². The summed E-state index contributed by atoms with van der Waals surface area (Å²) in [5.74, 6) is 0. The zero-order chi connectivity index (χ0) is 15.5. The van der Waals surface area contributed by atoms with Crippen molar-refractivity contribution >= 4 is 21.5 Å². The first kappa shape index (κ1) is 16.9. The maximum absolute atomic E-state index is 12.5. The van der Waals surface area contributed by atoms with Crippen LogP contribution in [0.2, 0.25) is 0 Å². The van der Waals surface area contributed by atoms with Gasteiger partial charge >= 0.3 is 0 Å². The molecule has 1 aromatic rings. The van der Waals surface area contributed by atoms with E-state index in [-0.39, 0.29) is 12.1 Å². The van der Waals surface area contributed by atoms with E-state index in [2.05, 4.69) is 10.1 Å². The maximum atomic E-state index is 12.5. The van der Waals surface area contributed by atoms with Crippen molar-refractivity contribution in [1.29, 1.82) is 0 Å². The van der Waals surface area contributed by atoms with Gasteiger partial charge in [-0.1, -0.05) is 6.42 Å². The quantitative estimate of drug-likeness (QED) is 0.868. The lowest BCUT2D eigenvalue weighted by molar-refractivity contribution is 0.259. The van der Waals surface area contributed by atoms with Crippen molar-refractivity contribution in [2.75, 3.05) is 27.2 Å². The second-order valence-electron chi connectivity index (χ2n) is 5.85. The van der Waals surface area contributed by atoms with Crippen molar-refractivity contribution in [2.24, 2.45) is 0 Å². The van der Waals surface area contributed by atoms with Crippen molar-refractivity contribution in [2.45, 2.75) is 38.3 Å². The highest BCUT2D eigenvalue weighted by Gasteiger charge is 2.30. The molecular weight excluding hydrogens is 306 g/mol. The van der Waals surface area contributed by atoms with Crippen molar-refractivity contribution in [1.82, 2.24) is 13.9 Å². The standard InChI is InChI=1S/C14H25N3O2S2/c1-12-6-4-5-8-17(12)21(18,19)15-10-14(16(2)3)13-7-9-20-11-13/h7,9,11-12,14-15H,4-6,8,10H2,1-3H3/t12-,14+/m1/s1. The third kappa shape index (κ3) is 4.26. The number of nitrogens with zero attached hydrogens (tertiary/aromatic N) is 2. The summed E-state index contributed by atoms with van der Waals surface area (Å²) < 4.78 is 29.4. The topological polar surface area (TPSA) is 52.7 Å². The van der Waals surface area contributed by atoms with E-state index in [0.717, 1.165) is 24.8 Å². The highest BCUT2D eigenvalue weighted by atomic mass is 32.2. The van der Waals surface area contributed by atoms with Crippen LogP contribution >= 0.6 is 11.3 Å². The van der Waals surface area contributed by atoms with E-state index in [0.29, 0.717) is 13.1 Å². The molecule has 2 heterocycles.